The van der Waals surface area contributed by atoms with Crippen molar-refractivity contribution in [2.75, 3.05) is 25.0 Å². The minimum atomic E-state index is 0.844. The molecule has 3 nitrogen and oxygen atoms in total. The molecule has 0 saturated carbocycles. The molecule has 106 valence electrons. The largest absolute Gasteiger partial charge is 0.375 e. The second-order valence-corrected chi connectivity index (χ2v) is 5.06. The molecule has 0 fully saturated rings. The Hall–Kier alpha value is -1.87. The summed E-state index contributed by atoms with van der Waals surface area (Å²) in [6.07, 6.45) is 1.12. The van der Waals surface area contributed by atoms with Crippen molar-refractivity contribution in [3.63, 3.8) is 0 Å². The lowest BCUT2D eigenvalue weighted by molar-refractivity contribution is 0.637. The van der Waals surface area contributed by atoms with E-state index in [4.69, 9.17) is 0 Å². The van der Waals surface area contributed by atoms with Crippen LogP contribution in [-0.2, 0) is 6.54 Å². The first-order chi connectivity index (χ1) is 9.75. The molecule has 1 N–H and O–H groups in total. The molecular formula is C17H23N3. The Balaban J connectivity index is 1.64. The van der Waals surface area contributed by atoms with Crippen molar-refractivity contribution in [1.29, 1.82) is 0 Å². The summed E-state index contributed by atoms with van der Waals surface area (Å²) in [7, 11) is 2.14. The number of aromatic nitrogens is 1. The maximum absolute atomic E-state index is 4.48. The molecule has 0 amide bonds. The fraction of sp³-hybridized carbons (Fsp3) is 0.353. The third-order valence-electron chi connectivity index (χ3n) is 3.30. The van der Waals surface area contributed by atoms with Gasteiger partial charge in [-0.3, -0.25) is 4.98 Å². The van der Waals surface area contributed by atoms with Crippen molar-refractivity contribution in [2.45, 2.75) is 19.9 Å². The van der Waals surface area contributed by atoms with E-state index >= 15 is 0 Å². The van der Waals surface area contributed by atoms with Gasteiger partial charge in [-0.25, -0.2) is 0 Å². The molecule has 0 saturated heterocycles. The number of aryl methyl sites for hydroxylation is 1. The predicted octanol–water partition coefficient (Wildman–Crippen LogP) is 3.01. The molecule has 0 aliphatic carbocycles. The molecule has 0 aliphatic rings. The summed E-state index contributed by atoms with van der Waals surface area (Å²) in [5.74, 6) is 0. The lowest BCUT2D eigenvalue weighted by Gasteiger charge is -2.19. The Morgan fingerprint density at radius 2 is 1.85 bits per heavy atom. The molecule has 20 heavy (non-hydrogen) atoms. The summed E-state index contributed by atoms with van der Waals surface area (Å²) in [6, 6.07) is 16.6. The van der Waals surface area contributed by atoms with Crippen molar-refractivity contribution < 1.29 is 0 Å². The number of benzene rings is 1. The molecule has 0 unspecified atom stereocenters. The molecule has 3 heteroatoms. The topological polar surface area (TPSA) is 28.2 Å². The van der Waals surface area contributed by atoms with Gasteiger partial charge in [0.1, 0.15) is 0 Å². The van der Waals surface area contributed by atoms with Gasteiger partial charge in [-0.15, -0.1) is 0 Å². The van der Waals surface area contributed by atoms with Crippen LogP contribution in [0.1, 0.15) is 17.8 Å². The molecule has 0 radical (unpaired) electrons. The van der Waals surface area contributed by atoms with E-state index in [2.05, 4.69) is 58.6 Å². The summed E-state index contributed by atoms with van der Waals surface area (Å²) < 4.78 is 0. The van der Waals surface area contributed by atoms with Gasteiger partial charge in [-0.2, -0.15) is 0 Å². The van der Waals surface area contributed by atoms with Gasteiger partial charge in [-0.05, 0) is 44.2 Å². The Kier molecular flexibility index (Phi) is 5.56. The molecule has 0 atom stereocenters. The number of para-hydroxylation sites is 1. The quantitative estimate of drug-likeness (QED) is 0.783. The molecule has 0 bridgehead atoms. The van der Waals surface area contributed by atoms with E-state index in [0.717, 1.165) is 37.4 Å². The number of rotatable bonds is 7. The molecule has 0 aliphatic heterocycles. The van der Waals surface area contributed by atoms with Crippen molar-refractivity contribution in [3.8, 4) is 0 Å². The first-order valence-electron chi connectivity index (χ1n) is 7.15. The van der Waals surface area contributed by atoms with E-state index in [1.807, 2.05) is 19.1 Å². The average Bonchev–Trinajstić information content (AvgIpc) is 2.48. The highest BCUT2D eigenvalue weighted by Crippen LogP contribution is 2.10. The highest BCUT2D eigenvalue weighted by Gasteiger charge is 1.99. The first kappa shape index (κ1) is 14.5. The van der Waals surface area contributed by atoms with Crippen LogP contribution in [0.3, 0.4) is 0 Å². The molecule has 1 aromatic heterocycles. The third-order valence-corrected chi connectivity index (χ3v) is 3.30. The lowest BCUT2D eigenvalue weighted by atomic mass is 10.3. The maximum atomic E-state index is 4.48. The van der Waals surface area contributed by atoms with Crippen LogP contribution in [0.15, 0.2) is 48.5 Å². The van der Waals surface area contributed by atoms with Gasteiger partial charge in [0, 0.05) is 31.5 Å². The zero-order chi connectivity index (χ0) is 14.2. The fourth-order valence-electron chi connectivity index (χ4n) is 2.17. The minimum absolute atomic E-state index is 0.844. The normalized spacial score (nSPS) is 10.5. The average molecular weight is 269 g/mol. The Bertz CT molecular complexity index is 511. The number of pyridine rings is 1. The van der Waals surface area contributed by atoms with Gasteiger partial charge in [0.05, 0.1) is 5.69 Å². The van der Waals surface area contributed by atoms with E-state index in [1.54, 1.807) is 0 Å². The van der Waals surface area contributed by atoms with Crippen LogP contribution in [0, 0.1) is 6.92 Å². The molecular weight excluding hydrogens is 246 g/mol. The van der Waals surface area contributed by atoms with E-state index in [-0.39, 0.29) is 0 Å². The van der Waals surface area contributed by atoms with E-state index in [9.17, 15) is 0 Å². The van der Waals surface area contributed by atoms with Gasteiger partial charge >= 0.3 is 0 Å². The van der Waals surface area contributed by atoms with Gasteiger partial charge in [0.25, 0.3) is 0 Å². The standard InChI is InChI=1S/C17H23N3/c1-15-8-6-9-16(19-15)14-18-12-7-13-20(2)17-10-4-3-5-11-17/h3-6,8-11,18H,7,12-14H2,1-2H3. The Morgan fingerprint density at radius 1 is 1.05 bits per heavy atom. The van der Waals surface area contributed by atoms with Crippen molar-refractivity contribution in [3.05, 3.63) is 59.9 Å². The van der Waals surface area contributed by atoms with Crippen LogP contribution in [0.2, 0.25) is 0 Å². The highest BCUT2D eigenvalue weighted by atomic mass is 15.1. The van der Waals surface area contributed by atoms with Gasteiger partial charge in [0.15, 0.2) is 0 Å². The summed E-state index contributed by atoms with van der Waals surface area (Å²) in [6.45, 7) is 4.93. The van der Waals surface area contributed by atoms with Crippen LogP contribution in [-0.4, -0.2) is 25.1 Å². The summed E-state index contributed by atoms with van der Waals surface area (Å²) in [4.78, 5) is 6.76. The monoisotopic (exact) mass is 269 g/mol. The van der Waals surface area contributed by atoms with Crippen LogP contribution in [0.4, 0.5) is 5.69 Å². The van der Waals surface area contributed by atoms with Crippen molar-refractivity contribution in [2.24, 2.45) is 0 Å². The van der Waals surface area contributed by atoms with E-state index in [0.29, 0.717) is 0 Å². The van der Waals surface area contributed by atoms with Crippen LogP contribution < -0.4 is 10.2 Å². The number of anilines is 1. The predicted molar refractivity (Wildman–Crippen MR) is 85.0 cm³/mol. The summed E-state index contributed by atoms with van der Waals surface area (Å²) >= 11 is 0. The van der Waals surface area contributed by atoms with Gasteiger partial charge in [0.2, 0.25) is 0 Å². The SMILES string of the molecule is Cc1cccc(CNCCCN(C)c2ccccc2)n1. The van der Waals surface area contributed by atoms with Crippen molar-refractivity contribution in [1.82, 2.24) is 10.3 Å². The fourth-order valence-corrected chi connectivity index (χ4v) is 2.17. The zero-order valence-corrected chi connectivity index (χ0v) is 12.3. The molecule has 1 aromatic carbocycles. The Morgan fingerprint density at radius 3 is 2.60 bits per heavy atom. The van der Waals surface area contributed by atoms with Crippen molar-refractivity contribution >= 4 is 5.69 Å². The molecule has 1 heterocycles. The summed E-state index contributed by atoms with van der Waals surface area (Å²) in [5, 5.41) is 3.45. The second-order valence-electron chi connectivity index (χ2n) is 5.06. The first-order valence-corrected chi connectivity index (χ1v) is 7.15. The van der Waals surface area contributed by atoms with E-state index < -0.39 is 0 Å². The molecule has 0 spiro atoms. The van der Waals surface area contributed by atoms with Crippen LogP contribution in [0.5, 0.6) is 0 Å². The minimum Gasteiger partial charge on any atom is -0.375 e. The number of nitrogens with zero attached hydrogens (tertiary/aromatic N) is 2. The number of nitrogens with one attached hydrogen (secondary N) is 1. The third kappa shape index (κ3) is 4.67. The lowest BCUT2D eigenvalue weighted by Crippen LogP contribution is -2.23. The van der Waals surface area contributed by atoms with Gasteiger partial charge < -0.3 is 10.2 Å². The Labute approximate surface area is 121 Å². The molecule has 2 rings (SSSR count). The number of hydrogen-bond donors (Lipinski definition) is 1. The number of hydrogen-bond acceptors (Lipinski definition) is 3. The summed E-state index contributed by atoms with van der Waals surface area (Å²) in [5.41, 5.74) is 3.46. The smallest absolute Gasteiger partial charge is 0.0544 e. The second kappa shape index (κ2) is 7.65. The van der Waals surface area contributed by atoms with Gasteiger partial charge in [-0.1, -0.05) is 24.3 Å². The highest BCUT2D eigenvalue weighted by molar-refractivity contribution is 5.44. The van der Waals surface area contributed by atoms with Crippen LogP contribution >= 0.6 is 0 Å². The maximum Gasteiger partial charge on any atom is 0.0544 e. The van der Waals surface area contributed by atoms with Crippen LogP contribution in [0.25, 0.3) is 0 Å². The van der Waals surface area contributed by atoms with E-state index in [1.165, 1.54) is 5.69 Å². The zero-order valence-electron chi connectivity index (χ0n) is 12.3. The molecule has 2 aromatic rings.